The highest BCUT2D eigenvalue weighted by Gasteiger charge is 2.16. The van der Waals surface area contributed by atoms with Crippen LogP contribution in [0, 0.1) is 12.7 Å². The second kappa shape index (κ2) is 7.09. The lowest BCUT2D eigenvalue weighted by Crippen LogP contribution is -2.45. The van der Waals surface area contributed by atoms with E-state index in [1.807, 2.05) is 13.8 Å². The van der Waals surface area contributed by atoms with Gasteiger partial charge in [-0.25, -0.2) is 4.39 Å². The maximum absolute atomic E-state index is 13.7. The van der Waals surface area contributed by atoms with Gasteiger partial charge < -0.3 is 15.8 Å². The van der Waals surface area contributed by atoms with E-state index in [1.165, 1.54) is 0 Å². The summed E-state index contributed by atoms with van der Waals surface area (Å²) >= 11 is 0. The van der Waals surface area contributed by atoms with Crippen molar-refractivity contribution in [2.75, 3.05) is 6.61 Å². The first-order valence-electron chi connectivity index (χ1n) is 6.35. The number of primary amides is 1. The van der Waals surface area contributed by atoms with Crippen LogP contribution in [0.15, 0.2) is 18.2 Å². The smallest absolute Gasteiger partial charge is 0.234 e. The monoisotopic (exact) mass is 268 g/mol. The van der Waals surface area contributed by atoms with Crippen LogP contribution in [0.5, 0.6) is 5.75 Å². The van der Waals surface area contributed by atoms with Gasteiger partial charge in [0.25, 0.3) is 0 Å². The molecule has 0 heterocycles. The summed E-state index contributed by atoms with van der Waals surface area (Å²) in [4.78, 5) is 11.2. The van der Waals surface area contributed by atoms with Gasteiger partial charge in [-0.1, -0.05) is 26.0 Å². The fourth-order valence-corrected chi connectivity index (χ4v) is 1.73. The molecule has 0 fully saturated rings. The van der Waals surface area contributed by atoms with Crippen molar-refractivity contribution < 1.29 is 13.9 Å². The zero-order valence-corrected chi connectivity index (χ0v) is 11.6. The first kappa shape index (κ1) is 15.4. The average molecular weight is 268 g/mol. The summed E-state index contributed by atoms with van der Waals surface area (Å²) in [6.07, 6.45) is 0.404. The van der Waals surface area contributed by atoms with Gasteiger partial charge in [0, 0.05) is 12.5 Å². The summed E-state index contributed by atoms with van der Waals surface area (Å²) in [5.41, 5.74) is 5.82. The molecule has 0 saturated carbocycles. The van der Waals surface area contributed by atoms with Crippen LogP contribution in [0.1, 0.15) is 25.8 Å². The van der Waals surface area contributed by atoms with Crippen molar-refractivity contribution in [2.24, 2.45) is 5.73 Å². The number of hydrogen-bond donors (Lipinski definition) is 2. The number of halogens is 1. The van der Waals surface area contributed by atoms with Gasteiger partial charge in [0.15, 0.2) is 11.6 Å². The molecule has 1 rings (SSSR count). The van der Waals surface area contributed by atoms with Crippen LogP contribution in [-0.4, -0.2) is 24.6 Å². The van der Waals surface area contributed by atoms with Gasteiger partial charge in [-0.2, -0.15) is 0 Å². The van der Waals surface area contributed by atoms with Crippen LogP contribution >= 0.6 is 0 Å². The van der Waals surface area contributed by atoms with Crippen molar-refractivity contribution in [1.29, 1.82) is 0 Å². The third-order valence-electron chi connectivity index (χ3n) is 2.70. The lowest BCUT2D eigenvalue weighted by molar-refractivity contribution is -0.120. The lowest BCUT2D eigenvalue weighted by Gasteiger charge is -2.18. The largest absolute Gasteiger partial charge is 0.490 e. The molecule has 0 saturated heterocycles. The summed E-state index contributed by atoms with van der Waals surface area (Å²) in [6, 6.07) is 4.65. The van der Waals surface area contributed by atoms with Crippen molar-refractivity contribution in [3.8, 4) is 5.75 Å². The van der Waals surface area contributed by atoms with E-state index < -0.39 is 11.9 Å². The van der Waals surface area contributed by atoms with Crippen LogP contribution in [0.25, 0.3) is 0 Å². The van der Waals surface area contributed by atoms with Crippen LogP contribution < -0.4 is 15.8 Å². The third kappa shape index (κ3) is 4.87. The Balaban J connectivity index is 2.52. The molecule has 0 aliphatic carbocycles. The van der Waals surface area contributed by atoms with Crippen molar-refractivity contribution in [3.63, 3.8) is 0 Å². The number of carbonyl (C=O) groups excluding carboxylic acids is 1. The Morgan fingerprint density at radius 2 is 2.16 bits per heavy atom. The number of aryl methyl sites for hydroxylation is 1. The molecule has 1 unspecified atom stereocenters. The second-order valence-corrected chi connectivity index (χ2v) is 4.80. The Hall–Kier alpha value is -1.62. The van der Waals surface area contributed by atoms with Gasteiger partial charge in [0.2, 0.25) is 5.91 Å². The van der Waals surface area contributed by atoms with E-state index in [2.05, 4.69) is 5.32 Å². The van der Waals surface area contributed by atoms with Crippen molar-refractivity contribution in [3.05, 3.63) is 29.6 Å². The Morgan fingerprint density at radius 1 is 1.47 bits per heavy atom. The summed E-state index contributed by atoms with van der Waals surface area (Å²) in [7, 11) is 0. The first-order valence-corrected chi connectivity index (χ1v) is 6.35. The standard InChI is InChI=1S/C14H21FN2O2/c1-9(2)17-11(14(16)18)7-8-19-12-6-4-5-10(3)13(12)15/h4-6,9,11,17H,7-8H2,1-3H3,(H2,16,18). The summed E-state index contributed by atoms with van der Waals surface area (Å²) in [6.45, 7) is 5.76. The highest BCUT2D eigenvalue weighted by Crippen LogP contribution is 2.19. The first-order chi connectivity index (χ1) is 8.91. The molecule has 3 N–H and O–H groups in total. The van der Waals surface area contributed by atoms with E-state index in [-0.39, 0.29) is 24.2 Å². The van der Waals surface area contributed by atoms with Gasteiger partial charge in [0.05, 0.1) is 12.6 Å². The number of carbonyl (C=O) groups is 1. The SMILES string of the molecule is Cc1cccc(OCCC(NC(C)C)C(N)=O)c1F. The topological polar surface area (TPSA) is 64.3 Å². The Morgan fingerprint density at radius 3 is 2.74 bits per heavy atom. The van der Waals surface area contributed by atoms with Crippen LogP contribution in [0.4, 0.5) is 4.39 Å². The normalized spacial score (nSPS) is 12.5. The number of rotatable bonds is 7. The highest BCUT2D eigenvalue weighted by molar-refractivity contribution is 5.79. The Bertz CT molecular complexity index is 435. The van der Waals surface area contributed by atoms with Gasteiger partial charge in [-0.15, -0.1) is 0 Å². The Kier molecular flexibility index (Phi) is 5.76. The van der Waals surface area contributed by atoms with E-state index in [0.717, 1.165) is 0 Å². The molecule has 0 radical (unpaired) electrons. The molecule has 106 valence electrons. The van der Waals surface area contributed by atoms with E-state index in [0.29, 0.717) is 12.0 Å². The molecule has 4 nitrogen and oxygen atoms in total. The number of nitrogens with one attached hydrogen (secondary N) is 1. The van der Waals surface area contributed by atoms with Gasteiger partial charge in [0.1, 0.15) is 0 Å². The van der Waals surface area contributed by atoms with E-state index >= 15 is 0 Å². The number of amides is 1. The zero-order chi connectivity index (χ0) is 14.4. The summed E-state index contributed by atoms with van der Waals surface area (Å²) < 4.78 is 19.0. The van der Waals surface area contributed by atoms with E-state index in [1.54, 1.807) is 25.1 Å². The van der Waals surface area contributed by atoms with Gasteiger partial charge in [-0.05, 0) is 18.6 Å². The number of benzene rings is 1. The fourth-order valence-electron chi connectivity index (χ4n) is 1.73. The summed E-state index contributed by atoms with van der Waals surface area (Å²) in [5, 5.41) is 3.04. The van der Waals surface area contributed by atoms with Crippen molar-refractivity contribution in [1.82, 2.24) is 5.32 Å². The van der Waals surface area contributed by atoms with Crippen LogP contribution in [0.2, 0.25) is 0 Å². The molecule has 0 bridgehead atoms. The number of nitrogens with two attached hydrogens (primary N) is 1. The molecule has 19 heavy (non-hydrogen) atoms. The quantitative estimate of drug-likeness (QED) is 0.792. The number of ether oxygens (including phenoxy) is 1. The Labute approximate surface area is 113 Å². The van der Waals surface area contributed by atoms with Crippen LogP contribution in [0.3, 0.4) is 0 Å². The van der Waals surface area contributed by atoms with E-state index in [9.17, 15) is 9.18 Å². The molecule has 0 aromatic heterocycles. The maximum atomic E-state index is 13.7. The third-order valence-corrected chi connectivity index (χ3v) is 2.70. The lowest BCUT2D eigenvalue weighted by atomic mass is 10.2. The molecule has 5 heteroatoms. The van der Waals surface area contributed by atoms with Gasteiger partial charge in [-0.3, -0.25) is 4.79 Å². The molecule has 1 aromatic carbocycles. The maximum Gasteiger partial charge on any atom is 0.234 e. The molecule has 1 atom stereocenters. The molecule has 1 amide bonds. The zero-order valence-electron chi connectivity index (χ0n) is 11.6. The molecule has 0 spiro atoms. The minimum atomic E-state index is -0.465. The summed E-state index contributed by atoms with van der Waals surface area (Å²) in [5.74, 6) is -0.593. The van der Waals surface area contributed by atoms with Crippen molar-refractivity contribution in [2.45, 2.75) is 39.3 Å². The minimum Gasteiger partial charge on any atom is -0.490 e. The molecular weight excluding hydrogens is 247 g/mol. The number of hydrogen-bond acceptors (Lipinski definition) is 3. The van der Waals surface area contributed by atoms with Crippen molar-refractivity contribution >= 4 is 5.91 Å². The predicted octanol–water partition coefficient (Wildman–Crippen LogP) is 1.75. The van der Waals surface area contributed by atoms with E-state index in [4.69, 9.17) is 10.5 Å². The molecular formula is C14H21FN2O2. The fraction of sp³-hybridized carbons (Fsp3) is 0.500. The molecule has 0 aliphatic heterocycles. The highest BCUT2D eigenvalue weighted by atomic mass is 19.1. The predicted molar refractivity (Wildman–Crippen MR) is 72.5 cm³/mol. The second-order valence-electron chi connectivity index (χ2n) is 4.80. The molecule has 1 aromatic rings. The molecule has 0 aliphatic rings. The minimum absolute atomic E-state index is 0.146. The average Bonchev–Trinajstić information content (AvgIpc) is 2.32. The van der Waals surface area contributed by atoms with Gasteiger partial charge >= 0.3 is 0 Å². The van der Waals surface area contributed by atoms with Crippen LogP contribution in [-0.2, 0) is 4.79 Å².